The second kappa shape index (κ2) is 6.08. The fourth-order valence-electron chi connectivity index (χ4n) is 2.94. The predicted octanol–water partition coefficient (Wildman–Crippen LogP) is -0.432. The third kappa shape index (κ3) is 3.32. The maximum Gasteiger partial charge on any atom is 0.299 e. The minimum Gasteiger partial charge on any atom is -0.375 e. The van der Waals surface area contributed by atoms with Crippen molar-refractivity contribution in [2.75, 3.05) is 29.3 Å². The maximum atomic E-state index is 12.3. The molecule has 1 fully saturated rings. The van der Waals surface area contributed by atoms with E-state index in [1.54, 1.807) is 12.1 Å². The van der Waals surface area contributed by atoms with Crippen LogP contribution >= 0.6 is 0 Å². The van der Waals surface area contributed by atoms with Crippen LogP contribution in [0.15, 0.2) is 18.2 Å². The Labute approximate surface area is 135 Å². The van der Waals surface area contributed by atoms with Gasteiger partial charge in [0, 0.05) is 18.8 Å². The SMILES string of the molecule is C[C@H]1OCCN[C@@H]1C(=O)Nc1ccc2c(c1)N(S(N)(=O)=O)CC2. The van der Waals surface area contributed by atoms with Crippen molar-refractivity contribution < 1.29 is 17.9 Å². The molecule has 0 aliphatic carbocycles. The summed E-state index contributed by atoms with van der Waals surface area (Å²) >= 11 is 0. The second-order valence-corrected chi connectivity index (χ2v) is 7.18. The largest absolute Gasteiger partial charge is 0.375 e. The van der Waals surface area contributed by atoms with Gasteiger partial charge in [0.15, 0.2) is 0 Å². The highest BCUT2D eigenvalue weighted by Crippen LogP contribution is 2.32. The van der Waals surface area contributed by atoms with E-state index in [1.165, 1.54) is 0 Å². The zero-order valence-corrected chi connectivity index (χ0v) is 13.6. The lowest BCUT2D eigenvalue weighted by Gasteiger charge is -2.29. The molecule has 0 aromatic heterocycles. The fourth-order valence-corrected chi connectivity index (χ4v) is 3.73. The summed E-state index contributed by atoms with van der Waals surface area (Å²) in [6, 6.07) is 4.77. The zero-order valence-electron chi connectivity index (χ0n) is 12.8. The molecule has 1 amide bonds. The van der Waals surface area contributed by atoms with Crippen LogP contribution < -0.4 is 20.1 Å². The summed E-state index contributed by atoms with van der Waals surface area (Å²) in [6.07, 6.45) is 0.383. The number of amides is 1. The van der Waals surface area contributed by atoms with E-state index in [-0.39, 0.29) is 12.0 Å². The van der Waals surface area contributed by atoms with Crippen molar-refractivity contribution in [3.63, 3.8) is 0 Å². The molecule has 4 N–H and O–H groups in total. The van der Waals surface area contributed by atoms with Crippen LogP contribution in [0.4, 0.5) is 11.4 Å². The summed E-state index contributed by atoms with van der Waals surface area (Å²) in [5, 5.41) is 11.1. The summed E-state index contributed by atoms with van der Waals surface area (Å²) in [7, 11) is -3.80. The van der Waals surface area contributed by atoms with E-state index >= 15 is 0 Å². The Kier molecular flexibility index (Phi) is 4.28. The number of fused-ring (bicyclic) bond motifs is 1. The minimum absolute atomic E-state index is 0.211. The van der Waals surface area contributed by atoms with Gasteiger partial charge in [0.05, 0.1) is 18.4 Å². The number of nitrogens with two attached hydrogens (primary N) is 1. The number of benzene rings is 1. The van der Waals surface area contributed by atoms with E-state index in [2.05, 4.69) is 10.6 Å². The van der Waals surface area contributed by atoms with Gasteiger partial charge in [0.25, 0.3) is 10.2 Å². The third-order valence-electron chi connectivity index (χ3n) is 4.11. The molecule has 0 bridgehead atoms. The minimum atomic E-state index is -3.80. The van der Waals surface area contributed by atoms with E-state index in [1.807, 2.05) is 13.0 Å². The van der Waals surface area contributed by atoms with E-state index in [9.17, 15) is 13.2 Å². The first-order valence-corrected chi connectivity index (χ1v) is 8.96. The number of nitrogens with zero attached hydrogens (tertiary/aromatic N) is 1. The van der Waals surface area contributed by atoms with Crippen molar-refractivity contribution in [2.24, 2.45) is 5.14 Å². The first-order valence-electron chi connectivity index (χ1n) is 7.45. The standard InChI is InChI=1S/C14H20N4O4S/c1-9-13(16-5-7-22-9)14(19)17-11-3-2-10-4-6-18(12(10)8-11)23(15,20)21/h2-3,8-9,13,16H,4-7H2,1H3,(H,17,19)(H2,15,20,21)/t9-,13+/m1/s1. The van der Waals surface area contributed by atoms with E-state index in [0.29, 0.717) is 37.5 Å². The Morgan fingerprint density at radius 3 is 2.96 bits per heavy atom. The summed E-state index contributed by atoms with van der Waals surface area (Å²) in [6.45, 7) is 3.35. The Hall–Kier alpha value is -1.68. The van der Waals surface area contributed by atoms with Crippen LogP contribution in [-0.4, -0.2) is 46.2 Å². The first kappa shape index (κ1) is 16.2. The number of ether oxygens (including phenoxy) is 1. The van der Waals surface area contributed by atoms with Gasteiger partial charge in [-0.3, -0.25) is 9.10 Å². The lowest BCUT2D eigenvalue weighted by molar-refractivity contribution is -0.123. The molecule has 3 rings (SSSR count). The monoisotopic (exact) mass is 340 g/mol. The highest BCUT2D eigenvalue weighted by molar-refractivity contribution is 7.90. The van der Waals surface area contributed by atoms with Gasteiger partial charge in [-0.1, -0.05) is 6.07 Å². The van der Waals surface area contributed by atoms with Crippen LogP contribution in [0.25, 0.3) is 0 Å². The van der Waals surface area contributed by atoms with Crippen LogP contribution in [-0.2, 0) is 26.2 Å². The second-order valence-electron chi connectivity index (χ2n) is 5.71. The smallest absolute Gasteiger partial charge is 0.299 e. The van der Waals surface area contributed by atoms with Crippen molar-refractivity contribution in [1.82, 2.24) is 5.32 Å². The molecule has 2 aliphatic heterocycles. The summed E-state index contributed by atoms with van der Waals surface area (Å²) in [5.41, 5.74) is 1.94. The van der Waals surface area contributed by atoms with Gasteiger partial charge in [-0.25, -0.2) is 5.14 Å². The van der Waals surface area contributed by atoms with Gasteiger partial charge < -0.3 is 15.4 Å². The molecule has 0 saturated carbocycles. The fraction of sp³-hybridized carbons (Fsp3) is 0.500. The number of nitrogens with one attached hydrogen (secondary N) is 2. The van der Waals surface area contributed by atoms with Gasteiger partial charge in [-0.05, 0) is 31.0 Å². The molecule has 2 atom stereocenters. The highest BCUT2D eigenvalue weighted by atomic mass is 32.2. The van der Waals surface area contributed by atoms with Gasteiger partial charge in [0.1, 0.15) is 6.04 Å². The van der Waals surface area contributed by atoms with E-state index in [4.69, 9.17) is 9.88 Å². The molecule has 126 valence electrons. The molecule has 2 heterocycles. The molecule has 1 saturated heterocycles. The van der Waals surface area contributed by atoms with Crippen LogP contribution in [0.1, 0.15) is 12.5 Å². The number of hydrogen-bond donors (Lipinski definition) is 3. The summed E-state index contributed by atoms with van der Waals surface area (Å²) in [5.74, 6) is -0.211. The van der Waals surface area contributed by atoms with Gasteiger partial charge in [-0.15, -0.1) is 0 Å². The molecule has 9 heteroatoms. The molecular formula is C14H20N4O4S. The van der Waals surface area contributed by atoms with Crippen molar-refractivity contribution in [1.29, 1.82) is 0 Å². The first-order chi connectivity index (χ1) is 10.9. The van der Waals surface area contributed by atoms with Crippen LogP contribution in [0.2, 0.25) is 0 Å². The number of carbonyl (C=O) groups is 1. The molecule has 0 unspecified atom stereocenters. The van der Waals surface area contributed by atoms with Crippen molar-refractivity contribution in [2.45, 2.75) is 25.5 Å². The molecule has 1 aromatic rings. The van der Waals surface area contributed by atoms with Gasteiger partial charge in [-0.2, -0.15) is 8.42 Å². The third-order valence-corrected chi connectivity index (χ3v) is 5.11. The number of rotatable bonds is 3. The molecule has 23 heavy (non-hydrogen) atoms. The molecule has 2 aliphatic rings. The topological polar surface area (TPSA) is 114 Å². The van der Waals surface area contributed by atoms with Crippen LogP contribution in [0.5, 0.6) is 0 Å². The molecular weight excluding hydrogens is 320 g/mol. The zero-order chi connectivity index (χ0) is 16.6. The van der Waals surface area contributed by atoms with Crippen molar-refractivity contribution in [3.8, 4) is 0 Å². The lowest BCUT2D eigenvalue weighted by atomic mass is 10.1. The summed E-state index contributed by atoms with van der Waals surface area (Å²) in [4.78, 5) is 12.3. The lowest BCUT2D eigenvalue weighted by Crippen LogP contribution is -2.53. The normalized spacial score (nSPS) is 24.3. The number of morpholine rings is 1. The molecule has 0 radical (unpaired) electrons. The maximum absolute atomic E-state index is 12.3. The van der Waals surface area contributed by atoms with Crippen LogP contribution in [0, 0.1) is 0 Å². The van der Waals surface area contributed by atoms with E-state index in [0.717, 1.165) is 9.87 Å². The Bertz CT molecular complexity index is 721. The quantitative estimate of drug-likeness (QED) is 0.691. The average molecular weight is 340 g/mol. The number of anilines is 2. The Balaban J connectivity index is 1.78. The molecule has 8 nitrogen and oxygen atoms in total. The van der Waals surface area contributed by atoms with E-state index < -0.39 is 16.3 Å². The van der Waals surface area contributed by atoms with Gasteiger partial charge >= 0.3 is 0 Å². The highest BCUT2D eigenvalue weighted by Gasteiger charge is 2.30. The predicted molar refractivity (Wildman–Crippen MR) is 86.4 cm³/mol. The van der Waals surface area contributed by atoms with Crippen molar-refractivity contribution in [3.05, 3.63) is 23.8 Å². The van der Waals surface area contributed by atoms with Crippen LogP contribution in [0.3, 0.4) is 0 Å². The van der Waals surface area contributed by atoms with Crippen molar-refractivity contribution >= 4 is 27.5 Å². The molecule has 1 aromatic carbocycles. The number of hydrogen-bond acceptors (Lipinski definition) is 5. The van der Waals surface area contributed by atoms with Gasteiger partial charge in [0.2, 0.25) is 5.91 Å². The number of carbonyl (C=O) groups excluding carboxylic acids is 1. The Morgan fingerprint density at radius 2 is 2.26 bits per heavy atom. The average Bonchev–Trinajstić information content (AvgIpc) is 2.90. The molecule has 0 spiro atoms. The Morgan fingerprint density at radius 1 is 1.48 bits per heavy atom. The summed E-state index contributed by atoms with van der Waals surface area (Å²) < 4.78 is 29.8.